The van der Waals surface area contributed by atoms with Crippen LogP contribution in [0.5, 0.6) is 5.88 Å². The Bertz CT molecular complexity index is 448. The van der Waals surface area contributed by atoms with Gasteiger partial charge in [-0.3, -0.25) is 4.79 Å². The number of hydrogen-bond acceptors (Lipinski definition) is 3. The summed E-state index contributed by atoms with van der Waals surface area (Å²) in [5.74, 6) is 1.24. The lowest BCUT2D eigenvalue weighted by Crippen LogP contribution is -2.32. The van der Waals surface area contributed by atoms with Crippen LogP contribution < -0.4 is 4.74 Å². The van der Waals surface area contributed by atoms with Crippen LogP contribution in [0.25, 0.3) is 0 Å². The fourth-order valence-electron chi connectivity index (χ4n) is 2.95. The quantitative estimate of drug-likeness (QED) is 0.848. The third-order valence-electron chi connectivity index (χ3n) is 4.03. The standard InChI is InChI=1S/C16H24N2O2/c1-3-6-13-7-5-11-18(12-9-13)16(19)14-8-4-10-17-15(14)20-2/h4,8,10,13H,3,5-7,9,11-12H2,1-2H3. The predicted octanol–water partition coefficient (Wildman–Crippen LogP) is 3.13. The molecule has 4 nitrogen and oxygen atoms in total. The van der Waals surface area contributed by atoms with Crippen molar-refractivity contribution < 1.29 is 9.53 Å². The van der Waals surface area contributed by atoms with Gasteiger partial charge in [-0.1, -0.05) is 19.8 Å². The highest BCUT2D eigenvalue weighted by molar-refractivity contribution is 5.96. The van der Waals surface area contributed by atoms with Gasteiger partial charge in [0.2, 0.25) is 5.88 Å². The van der Waals surface area contributed by atoms with Gasteiger partial charge in [-0.15, -0.1) is 0 Å². The molecule has 2 rings (SSSR count). The Morgan fingerprint density at radius 2 is 2.30 bits per heavy atom. The molecule has 0 aromatic carbocycles. The van der Waals surface area contributed by atoms with Gasteiger partial charge in [0.25, 0.3) is 5.91 Å². The Morgan fingerprint density at radius 3 is 3.05 bits per heavy atom. The van der Waals surface area contributed by atoms with Crippen molar-refractivity contribution in [3.63, 3.8) is 0 Å². The average molecular weight is 276 g/mol. The monoisotopic (exact) mass is 276 g/mol. The summed E-state index contributed by atoms with van der Waals surface area (Å²) in [5, 5.41) is 0. The molecule has 110 valence electrons. The molecule has 1 fully saturated rings. The van der Waals surface area contributed by atoms with Crippen molar-refractivity contribution >= 4 is 5.91 Å². The van der Waals surface area contributed by atoms with E-state index in [1.54, 1.807) is 25.4 Å². The fraction of sp³-hybridized carbons (Fsp3) is 0.625. The van der Waals surface area contributed by atoms with E-state index in [0.717, 1.165) is 31.8 Å². The Hall–Kier alpha value is -1.58. The van der Waals surface area contributed by atoms with Crippen LogP contribution in [0.3, 0.4) is 0 Å². The van der Waals surface area contributed by atoms with Gasteiger partial charge in [-0.25, -0.2) is 4.98 Å². The van der Waals surface area contributed by atoms with E-state index in [4.69, 9.17) is 4.74 Å². The molecule has 0 saturated carbocycles. The second-order valence-electron chi connectivity index (χ2n) is 5.44. The van der Waals surface area contributed by atoms with Crippen LogP contribution in [0.1, 0.15) is 49.4 Å². The van der Waals surface area contributed by atoms with E-state index < -0.39 is 0 Å². The van der Waals surface area contributed by atoms with Crippen LogP contribution in [0, 0.1) is 5.92 Å². The molecule has 0 bridgehead atoms. The third kappa shape index (κ3) is 3.50. The highest BCUT2D eigenvalue weighted by Gasteiger charge is 2.23. The number of ether oxygens (including phenoxy) is 1. The molecule has 0 N–H and O–H groups in total. The van der Waals surface area contributed by atoms with E-state index in [0.29, 0.717) is 11.4 Å². The van der Waals surface area contributed by atoms with Crippen molar-refractivity contribution in [2.75, 3.05) is 20.2 Å². The summed E-state index contributed by atoms with van der Waals surface area (Å²) in [5.41, 5.74) is 0.573. The Morgan fingerprint density at radius 1 is 1.45 bits per heavy atom. The van der Waals surface area contributed by atoms with E-state index in [1.165, 1.54) is 19.3 Å². The van der Waals surface area contributed by atoms with Crippen LogP contribution >= 0.6 is 0 Å². The van der Waals surface area contributed by atoms with Crippen LogP contribution in [0.15, 0.2) is 18.3 Å². The molecule has 2 heterocycles. The molecular formula is C16H24N2O2. The maximum absolute atomic E-state index is 12.6. The first-order chi connectivity index (χ1) is 9.76. The molecule has 0 spiro atoms. The summed E-state index contributed by atoms with van der Waals surface area (Å²) >= 11 is 0. The van der Waals surface area contributed by atoms with Crippen molar-refractivity contribution in [1.29, 1.82) is 0 Å². The molecule has 0 radical (unpaired) electrons. The smallest absolute Gasteiger partial charge is 0.259 e. The number of likely N-dealkylation sites (tertiary alicyclic amines) is 1. The number of carbonyl (C=O) groups excluding carboxylic acids is 1. The zero-order valence-corrected chi connectivity index (χ0v) is 12.5. The second-order valence-corrected chi connectivity index (χ2v) is 5.44. The maximum atomic E-state index is 12.6. The first kappa shape index (κ1) is 14.8. The van der Waals surface area contributed by atoms with Gasteiger partial charge in [0.15, 0.2) is 0 Å². The van der Waals surface area contributed by atoms with Crippen molar-refractivity contribution in [3.05, 3.63) is 23.9 Å². The Balaban J connectivity index is 2.05. The molecule has 1 aromatic heterocycles. The van der Waals surface area contributed by atoms with Crippen molar-refractivity contribution in [2.24, 2.45) is 5.92 Å². The highest BCUT2D eigenvalue weighted by atomic mass is 16.5. The maximum Gasteiger partial charge on any atom is 0.259 e. The van der Waals surface area contributed by atoms with Gasteiger partial charge in [-0.2, -0.15) is 0 Å². The Labute approximate surface area is 121 Å². The third-order valence-corrected chi connectivity index (χ3v) is 4.03. The molecule has 1 saturated heterocycles. The van der Waals surface area contributed by atoms with Crippen molar-refractivity contribution in [1.82, 2.24) is 9.88 Å². The molecule has 1 atom stereocenters. The molecule has 1 unspecified atom stereocenters. The number of amides is 1. The first-order valence-electron chi connectivity index (χ1n) is 7.54. The molecular weight excluding hydrogens is 252 g/mol. The number of pyridine rings is 1. The van der Waals surface area contributed by atoms with Crippen LogP contribution in [-0.2, 0) is 0 Å². The average Bonchev–Trinajstić information content (AvgIpc) is 2.72. The van der Waals surface area contributed by atoms with Crippen molar-refractivity contribution in [2.45, 2.75) is 39.0 Å². The largest absolute Gasteiger partial charge is 0.480 e. The van der Waals surface area contributed by atoms with Gasteiger partial charge < -0.3 is 9.64 Å². The molecule has 4 heteroatoms. The minimum absolute atomic E-state index is 0.0482. The van der Waals surface area contributed by atoms with Crippen LogP contribution in [0.4, 0.5) is 0 Å². The topological polar surface area (TPSA) is 42.4 Å². The van der Waals surface area contributed by atoms with E-state index in [1.807, 2.05) is 4.90 Å². The first-order valence-corrected chi connectivity index (χ1v) is 7.54. The second kappa shape index (κ2) is 7.27. The molecule has 1 amide bonds. The normalized spacial score (nSPS) is 19.5. The summed E-state index contributed by atoms with van der Waals surface area (Å²) in [6.45, 7) is 3.92. The molecule has 20 heavy (non-hydrogen) atoms. The Kier molecular flexibility index (Phi) is 5.39. The lowest BCUT2D eigenvalue weighted by Gasteiger charge is -2.21. The lowest BCUT2D eigenvalue weighted by molar-refractivity contribution is 0.0755. The van der Waals surface area contributed by atoms with Gasteiger partial charge in [0.1, 0.15) is 5.56 Å². The number of hydrogen-bond donors (Lipinski definition) is 0. The van der Waals surface area contributed by atoms with Crippen molar-refractivity contribution in [3.8, 4) is 5.88 Å². The molecule has 0 aliphatic carbocycles. The van der Waals surface area contributed by atoms with Gasteiger partial charge in [-0.05, 0) is 37.3 Å². The zero-order chi connectivity index (χ0) is 14.4. The number of methoxy groups -OCH3 is 1. The van der Waals surface area contributed by atoms with Gasteiger partial charge >= 0.3 is 0 Å². The summed E-state index contributed by atoms with van der Waals surface area (Å²) < 4.78 is 5.19. The van der Waals surface area contributed by atoms with Gasteiger partial charge in [0, 0.05) is 19.3 Å². The number of nitrogens with zero attached hydrogens (tertiary/aromatic N) is 2. The van der Waals surface area contributed by atoms with E-state index in [-0.39, 0.29) is 5.91 Å². The molecule has 1 aliphatic heterocycles. The van der Waals surface area contributed by atoms with E-state index in [2.05, 4.69) is 11.9 Å². The molecule has 1 aliphatic rings. The minimum atomic E-state index is 0.0482. The van der Waals surface area contributed by atoms with E-state index >= 15 is 0 Å². The SMILES string of the molecule is CCCC1CCCN(C(=O)c2cccnc2OC)CC1. The van der Waals surface area contributed by atoms with Crippen LogP contribution in [0.2, 0.25) is 0 Å². The summed E-state index contributed by atoms with van der Waals surface area (Å²) in [6, 6.07) is 3.58. The lowest BCUT2D eigenvalue weighted by atomic mass is 9.96. The van der Waals surface area contributed by atoms with E-state index in [9.17, 15) is 4.79 Å². The number of aromatic nitrogens is 1. The summed E-state index contributed by atoms with van der Waals surface area (Å²) in [7, 11) is 1.55. The summed E-state index contributed by atoms with van der Waals surface area (Å²) in [4.78, 5) is 18.7. The summed E-state index contributed by atoms with van der Waals surface area (Å²) in [6.07, 6.45) is 7.60. The van der Waals surface area contributed by atoms with Crippen LogP contribution in [-0.4, -0.2) is 36.0 Å². The molecule has 1 aromatic rings. The van der Waals surface area contributed by atoms with Gasteiger partial charge in [0.05, 0.1) is 7.11 Å². The predicted molar refractivity (Wildman–Crippen MR) is 78.9 cm³/mol. The zero-order valence-electron chi connectivity index (χ0n) is 12.5. The number of rotatable bonds is 4. The minimum Gasteiger partial charge on any atom is -0.480 e. The fourth-order valence-corrected chi connectivity index (χ4v) is 2.95. The number of carbonyl (C=O) groups is 1. The highest BCUT2D eigenvalue weighted by Crippen LogP contribution is 2.24.